The van der Waals surface area contributed by atoms with Crippen LogP contribution in [0.15, 0.2) is 30.3 Å². The summed E-state index contributed by atoms with van der Waals surface area (Å²) in [7, 11) is 0. The molecule has 7 nitrogen and oxygen atoms in total. The summed E-state index contributed by atoms with van der Waals surface area (Å²) in [5.41, 5.74) is 1.04. The number of amides is 1. The van der Waals surface area contributed by atoms with Crippen molar-refractivity contribution in [3.8, 4) is 0 Å². The van der Waals surface area contributed by atoms with Crippen LogP contribution in [0, 0.1) is 12.8 Å². The van der Waals surface area contributed by atoms with Crippen LogP contribution in [0.3, 0.4) is 0 Å². The topological polar surface area (TPSA) is 92.9 Å². The van der Waals surface area contributed by atoms with Crippen molar-refractivity contribution >= 4 is 5.91 Å². The third-order valence-electron chi connectivity index (χ3n) is 4.10. The van der Waals surface area contributed by atoms with Gasteiger partial charge < -0.3 is 10.4 Å². The summed E-state index contributed by atoms with van der Waals surface area (Å²) in [6.45, 7) is 5.86. The van der Waals surface area contributed by atoms with Crippen LogP contribution in [-0.2, 0) is 11.2 Å². The van der Waals surface area contributed by atoms with Gasteiger partial charge in [-0.1, -0.05) is 44.2 Å². The van der Waals surface area contributed by atoms with Crippen LogP contribution in [-0.4, -0.2) is 43.9 Å². The minimum Gasteiger partial charge on any atom is -0.396 e. The average molecular weight is 331 g/mol. The van der Waals surface area contributed by atoms with Gasteiger partial charge in [0.25, 0.3) is 0 Å². The Morgan fingerprint density at radius 2 is 2.00 bits per heavy atom. The molecule has 130 valence electrons. The second kappa shape index (κ2) is 8.54. The maximum absolute atomic E-state index is 12.9. The van der Waals surface area contributed by atoms with Crippen molar-refractivity contribution in [2.45, 2.75) is 45.7 Å². The number of nitrogens with one attached hydrogen (secondary N) is 1. The highest BCUT2D eigenvalue weighted by atomic mass is 16.3. The van der Waals surface area contributed by atoms with Crippen LogP contribution in [0.1, 0.15) is 37.7 Å². The monoisotopic (exact) mass is 331 g/mol. The molecule has 2 N–H and O–H groups in total. The molecule has 1 amide bonds. The second-order valence-corrected chi connectivity index (χ2v) is 6.25. The molecule has 1 heterocycles. The molecular weight excluding hydrogens is 306 g/mol. The van der Waals surface area contributed by atoms with E-state index in [1.54, 1.807) is 11.6 Å². The van der Waals surface area contributed by atoms with E-state index in [-0.39, 0.29) is 24.5 Å². The molecule has 1 aromatic heterocycles. The molecule has 1 aromatic carbocycles. The van der Waals surface area contributed by atoms with E-state index in [4.69, 9.17) is 0 Å². The Labute approximate surface area is 142 Å². The minimum absolute atomic E-state index is 0.0381. The Hall–Kier alpha value is -2.28. The van der Waals surface area contributed by atoms with Crippen LogP contribution < -0.4 is 5.32 Å². The van der Waals surface area contributed by atoms with E-state index in [0.717, 1.165) is 5.56 Å². The van der Waals surface area contributed by atoms with Crippen LogP contribution in [0.25, 0.3) is 0 Å². The molecule has 0 aliphatic rings. The fraction of sp³-hybridized carbons (Fsp3) is 0.529. The van der Waals surface area contributed by atoms with E-state index in [9.17, 15) is 9.90 Å². The molecular formula is C17H25N5O2. The van der Waals surface area contributed by atoms with Crippen LogP contribution >= 0.6 is 0 Å². The van der Waals surface area contributed by atoms with Gasteiger partial charge in [-0.2, -0.15) is 0 Å². The van der Waals surface area contributed by atoms with Crippen molar-refractivity contribution in [3.05, 3.63) is 41.7 Å². The SMILES string of the molecule is Cc1nnnn1C(Cc1ccccc1)C(=O)NC(CCO)C(C)C. The highest BCUT2D eigenvalue weighted by molar-refractivity contribution is 5.80. The Kier molecular flexibility index (Phi) is 6.43. The summed E-state index contributed by atoms with van der Waals surface area (Å²) < 4.78 is 1.55. The maximum atomic E-state index is 12.9. The first-order valence-electron chi connectivity index (χ1n) is 8.22. The molecule has 0 radical (unpaired) electrons. The number of carbonyl (C=O) groups excluding carboxylic acids is 1. The lowest BCUT2D eigenvalue weighted by Crippen LogP contribution is -2.44. The van der Waals surface area contributed by atoms with Gasteiger partial charge in [0.1, 0.15) is 11.9 Å². The summed E-state index contributed by atoms with van der Waals surface area (Å²) in [6.07, 6.45) is 1.03. The van der Waals surface area contributed by atoms with E-state index >= 15 is 0 Å². The maximum Gasteiger partial charge on any atom is 0.245 e. The molecule has 2 aromatic rings. The molecule has 0 aliphatic heterocycles. The molecule has 7 heteroatoms. The van der Waals surface area contributed by atoms with E-state index in [1.807, 2.05) is 44.2 Å². The quantitative estimate of drug-likeness (QED) is 0.760. The Morgan fingerprint density at radius 1 is 1.29 bits per heavy atom. The standard InChI is InChI=1S/C17H25N5O2/c1-12(2)15(9-10-23)18-17(24)16(22-13(3)19-20-21-22)11-14-7-5-4-6-8-14/h4-8,12,15-16,23H,9-11H2,1-3H3,(H,18,24). The van der Waals surface area contributed by atoms with Gasteiger partial charge in [0.15, 0.2) is 0 Å². The van der Waals surface area contributed by atoms with Gasteiger partial charge in [-0.05, 0) is 35.3 Å². The number of rotatable bonds is 8. The van der Waals surface area contributed by atoms with Gasteiger partial charge in [-0.15, -0.1) is 5.10 Å². The summed E-state index contributed by atoms with van der Waals surface area (Å²) in [6, 6.07) is 9.18. The largest absolute Gasteiger partial charge is 0.396 e. The number of aliphatic hydroxyl groups is 1. The first-order valence-corrected chi connectivity index (χ1v) is 8.22. The lowest BCUT2D eigenvalue weighted by molar-refractivity contribution is -0.125. The van der Waals surface area contributed by atoms with E-state index < -0.39 is 6.04 Å². The van der Waals surface area contributed by atoms with E-state index in [2.05, 4.69) is 20.8 Å². The predicted octanol–water partition coefficient (Wildman–Crippen LogP) is 1.29. The fourth-order valence-corrected chi connectivity index (χ4v) is 2.64. The Balaban J connectivity index is 2.22. The number of benzene rings is 1. The highest BCUT2D eigenvalue weighted by Crippen LogP contribution is 2.16. The smallest absolute Gasteiger partial charge is 0.245 e. The number of hydrogen-bond acceptors (Lipinski definition) is 5. The number of hydrogen-bond donors (Lipinski definition) is 2. The summed E-state index contributed by atoms with van der Waals surface area (Å²) >= 11 is 0. The number of tetrazole rings is 1. The van der Waals surface area contributed by atoms with Crippen LogP contribution in [0.2, 0.25) is 0 Å². The van der Waals surface area contributed by atoms with Gasteiger partial charge in [-0.3, -0.25) is 4.79 Å². The van der Waals surface area contributed by atoms with Crippen molar-refractivity contribution in [3.63, 3.8) is 0 Å². The van der Waals surface area contributed by atoms with Gasteiger partial charge in [-0.25, -0.2) is 4.68 Å². The van der Waals surface area contributed by atoms with Crippen LogP contribution in [0.5, 0.6) is 0 Å². The molecule has 0 aliphatic carbocycles. The molecule has 0 spiro atoms. The number of aryl methyl sites for hydroxylation is 1. The lowest BCUT2D eigenvalue weighted by Gasteiger charge is -2.25. The highest BCUT2D eigenvalue weighted by Gasteiger charge is 2.27. The zero-order valence-corrected chi connectivity index (χ0v) is 14.4. The van der Waals surface area contributed by atoms with Gasteiger partial charge in [0.2, 0.25) is 5.91 Å². The number of aromatic nitrogens is 4. The molecule has 2 rings (SSSR count). The van der Waals surface area contributed by atoms with Crippen molar-refractivity contribution in [2.75, 3.05) is 6.61 Å². The molecule has 0 saturated heterocycles. The summed E-state index contributed by atoms with van der Waals surface area (Å²) in [5.74, 6) is 0.684. The van der Waals surface area contributed by atoms with E-state index in [0.29, 0.717) is 18.7 Å². The number of carbonyl (C=O) groups is 1. The number of aliphatic hydroxyl groups excluding tert-OH is 1. The van der Waals surface area contributed by atoms with Crippen molar-refractivity contribution in [1.82, 2.24) is 25.5 Å². The van der Waals surface area contributed by atoms with Gasteiger partial charge in [0, 0.05) is 19.1 Å². The molecule has 2 unspecified atom stereocenters. The van der Waals surface area contributed by atoms with Gasteiger partial charge >= 0.3 is 0 Å². The average Bonchev–Trinajstić information content (AvgIpc) is 2.98. The zero-order chi connectivity index (χ0) is 17.5. The second-order valence-electron chi connectivity index (χ2n) is 6.25. The molecule has 0 fully saturated rings. The van der Waals surface area contributed by atoms with Crippen molar-refractivity contribution in [2.24, 2.45) is 5.92 Å². The van der Waals surface area contributed by atoms with Crippen LogP contribution in [0.4, 0.5) is 0 Å². The summed E-state index contributed by atoms with van der Waals surface area (Å²) in [5, 5.41) is 23.8. The Morgan fingerprint density at radius 3 is 2.54 bits per heavy atom. The fourth-order valence-electron chi connectivity index (χ4n) is 2.64. The third-order valence-corrected chi connectivity index (χ3v) is 4.10. The number of nitrogens with zero attached hydrogens (tertiary/aromatic N) is 4. The summed E-state index contributed by atoms with van der Waals surface area (Å²) in [4.78, 5) is 12.9. The lowest BCUT2D eigenvalue weighted by atomic mass is 9.99. The molecule has 24 heavy (non-hydrogen) atoms. The predicted molar refractivity (Wildman–Crippen MR) is 90.2 cm³/mol. The first-order chi connectivity index (χ1) is 11.5. The minimum atomic E-state index is -0.526. The molecule has 0 bridgehead atoms. The van der Waals surface area contributed by atoms with Gasteiger partial charge in [0.05, 0.1) is 0 Å². The third kappa shape index (κ3) is 4.61. The molecule has 0 saturated carbocycles. The zero-order valence-electron chi connectivity index (χ0n) is 14.4. The normalized spacial score (nSPS) is 13.7. The molecule has 2 atom stereocenters. The van der Waals surface area contributed by atoms with Crippen molar-refractivity contribution < 1.29 is 9.90 Å². The Bertz CT molecular complexity index is 641. The van der Waals surface area contributed by atoms with E-state index in [1.165, 1.54) is 0 Å². The first kappa shape index (κ1) is 18.1. The van der Waals surface area contributed by atoms with Crippen molar-refractivity contribution in [1.29, 1.82) is 0 Å².